The van der Waals surface area contributed by atoms with E-state index in [1.165, 1.54) is 6.33 Å². The second kappa shape index (κ2) is 5.54. The SMILES string of the molecule is CC(C)c1cc(CC(=O)c2ccccc2)ncn1. The summed E-state index contributed by atoms with van der Waals surface area (Å²) >= 11 is 0. The topological polar surface area (TPSA) is 42.9 Å². The van der Waals surface area contributed by atoms with Crippen molar-refractivity contribution in [1.29, 1.82) is 0 Å². The predicted molar refractivity (Wildman–Crippen MR) is 70.6 cm³/mol. The van der Waals surface area contributed by atoms with E-state index >= 15 is 0 Å². The first-order valence-corrected chi connectivity index (χ1v) is 6.06. The zero-order valence-corrected chi connectivity index (χ0v) is 10.6. The minimum Gasteiger partial charge on any atom is -0.294 e. The van der Waals surface area contributed by atoms with Crippen LogP contribution in [0.5, 0.6) is 0 Å². The standard InChI is InChI=1S/C15H16N2O/c1-11(2)14-8-13(16-10-17-14)9-15(18)12-6-4-3-5-7-12/h3-8,10-11H,9H2,1-2H3. The summed E-state index contributed by atoms with van der Waals surface area (Å²) in [6.45, 7) is 4.15. The monoisotopic (exact) mass is 240 g/mol. The molecule has 0 aliphatic carbocycles. The summed E-state index contributed by atoms with van der Waals surface area (Å²) in [6, 6.07) is 11.2. The van der Waals surface area contributed by atoms with Gasteiger partial charge in [0.15, 0.2) is 5.78 Å². The van der Waals surface area contributed by atoms with Crippen LogP contribution in [0.4, 0.5) is 0 Å². The molecule has 92 valence electrons. The molecule has 2 rings (SSSR count). The van der Waals surface area contributed by atoms with E-state index < -0.39 is 0 Å². The number of aromatic nitrogens is 2. The molecule has 0 N–H and O–H groups in total. The summed E-state index contributed by atoms with van der Waals surface area (Å²) in [5, 5.41) is 0. The minimum atomic E-state index is 0.0870. The smallest absolute Gasteiger partial charge is 0.168 e. The molecule has 0 amide bonds. The summed E-state index contributed by atoms with van der Waals surface area (Å²) in [4.78, 5) is 20.4. The Morgan fingerprint density at radius 3 is 2.56 bits per heavy atom. The van der Waals surface area contributed by atoms with E-state index in [4.69, 9.17) is 0 Å². The van der Waals surface area contributed by atoms with Crippen molar-refractivity contribution < 1.29 is 4.79 Å². The summed E-state index contributed by atoms with van der Waals surface area (Å²) in [5.74, 6) is 0.433. The molecular weight excluding hydrogens is 224 g/mol. The Balaban J connectivity index is 2.15. The van der Waals surface area contributed by atoms with E-state index in [2.05, 4.69) is 23.8 Å². The highest BCUT2D eigenvalue weighted by Gasteiger charge is 2.09. The van der Waals surface area contributed by atoms with Crippen LogP contribution in [0.1, 0.15) is 41.5 Å². The van der Waals surface area contributed by atoms with Crippen LogP contribution in [0, 0.1) is 0 Å². The maximum absolute atomic E-state index is 12.0. The molecule has 0 unspecified atom stereocenters. The molecule has 0 radical (unpaired) electrons. The molecule has 0 fully saturated rings. The maximum Gasteiger partial charge on any atom is 0.168 e. The summed E-state index contributed by atoms with van der Waals surface area (Å²) < 4.78 is 0. The van der Waals surface area contributed by atoms with Crippen LogP contribution in [0.3, 0.4) is 0 Å². The number of hydrogen-bond donors (Lipinski definition) is 0. The van der Waals surface area contributed by atoms with Gasteiger partial charge in [-0.25, -0.2) is 9.97 Å². The third-order valence-corrected chi connectivity index (χ3v) is 2.77. The normalized spacial score (nSPS) is 10.6. The first-order valence-electron chi connectivity index (χ1n) is 6.06. The Morgan fingerprint density at radius 2 is 1.89 bits per heavy atom. The van der Waals surface area contributed by atoms with Gasteiger partial charge in [0.25, 0.3) is 0 Å². The predicted octanol–water partition coefficient (Wildman–Crippen LogP) is 3.03. The lowest BCUT2D eigenvalue weighted by molar-refractivity contribution is 0.0992. The quantitative estimate of drug-likeness (QED) is 0.771. The molecular formula is C15H16N2O. The third-order valence-electron chi connectivity index (χ3n) is 2.77. The first kappa shape index (κ1) is 12.4. The van der Waals surface area contributed by atoms with E-state index in [0.717, 1.165) is 17.0 Å². The molecule has 0 atom stereocenters. The van der Waals surface area contributed by atoms with Crippen molar-refractivity contribution in [2.24, 2.45) is 0 Å². The van der Waals surface area contributed by atoms with Gasteiger partial charge in [-0.2, -0.15) is 0 Å². The number of rotatable bonds is 4. The van der Waals surface area contributed by atoms with Gasteiger partial charge < -0.3 is 0 Å². The highest BCUT2D eigenvalue weighted by molar-refractivity contribution is 5.97. The zero-order valence-electron chi connectivity index (χ0n) is 10.6. The van der Waals surface area contributed by atoms with Gasteiger partial charge in [0.05, 0.1) is 12.1 Å². The van der Waals surface area contributed by atoms with Crippen molar-refractivity contribution in [2.75, 3.05) is 0 Å². The molecule has 0 bridgehead atoms. The van der Waals surface area contributed by atoms with Gasteiger partial charge in [0, 0.05) is 11.3 Å². The molecule has 2 aromatic rings. The number of hydrogen-bond acceptors (Lipinski definition) is 3. The second-order valence-corrected chi connectivity index (χ2v) is 4.55. The Bertz CT molecular complexity index is 535. The van der Waals surface area contributed by atoms with Crippen molar-refractivity contribution in [3.8, 4) is 0 Å². The van der Waals surface area contributed by atoms with Crippen molar-refractivity contribution in [3.63, 3.8) is 0 Å². The zero-order chi connectivity index (χ0) is 13.0. The average molecular weight is 240 g/mol. The molecule has 1 aromatic heterocycles. The number of benzene rings is 1. The van der Waals surface area contributed by atoms with Gasteiger partial charge in [0.2, 0.25) is 0 Å². The molecule has 3 nitrogen and oxygen atoms in total. The van der Waals surface area contributed by atoms with Crippen LogP contribution in [-0.2, 0) is 6.42 Å². The largest absolute Gasteiger partial charge is 0.294 e. The number of nitrogens with zero attached hydrogens (tertiary/aromatic N) is 2. The molecule has 3 heteroatoms. The van der Waals surface area contributed by atoms with Crippen LogP contribution in [0.25, 0.3) is 0 Å². The summed E-state index contributed by atoms with van der Waals surface area (Å²) in [6.07, 6.45) is 1.86. The fourth-order valence-corrected chi connectivity index (χ4v) is 1.72. The van der Waals surface area contributed by atoms with Gasteiger partial charge >= 0.3 is 0 Å². The highest BCUT2D eigenvalue weighted by atomic mass is 16.1. The Labute approximate surface area is 107 Å². The number of ketones is 1. The molecule has 0 aliphatic rings. The highest BCUT2D eigenvalue weighted by Crippen LogP contribution is 2.12. The lowest BCUT2D eigenvalue weighted by atomic mass is 10.0. The second-order valence-electron chi connectivity index (χ2n) is 4.55. The third kappa shape index (κ3) is 3.00. The molecule has 0 saturated carbocycles. The number of carbonyl (C=O) groups is 1. The van der Waals surface area contributed by atoms with E-state index in [1.807, 2.05) is 36.4 Å². The molecule has 1 aromatic carbocycles. The van der Waals surface area contributed by atoms with E-state index in [0.29, 0.717) is 12.3 Å². The van der Waals surface area contributed by atoms with Crippen LogP contribution < -0.4 is 0 Å². The van der Waals surface area contributed by atoms with E-state index in [9.17, 15) is 4.79 Å². The fourth-order valence-electron chi connectivity index (χ4n) is 1.72. The van der Waals surface area contributed by atoms with Crippen molar-refractivity contribution >= 4 is 5.78 Å². The molecule has 18 heavy (non-hydrogen) atoms. The lowest BCUT2D eigenvalue weighted by Gasteiger charge is -2.06. The number of carbonyl (C=O) groups excluding carboxylic acids is 1. The van der Waals surface area contributed by atoms with Crippen LogP contribution in [0.15, 0.2) is 42.7 Å². The average Bonchev–Trinajstić information content (AvgIpc) is 2.40. The number of Topliss-reactive ketones (excluding diaryl/α,β-unsaturated/α-hetero) is 1. The van der Waals surface area contributed by atoms with Crippen molar-refractivity contribution in [3.05, 3.63) is 59.7 Å². The van der Waals surface area contributed by atoms with E-state index in [1.54, 1.807) is 0 Å². The Hall–Kier alpha value is -2.03. The van der Waals surface area contributed by atoms with Gasteiger partial charge in [0.1, 0.15) is 6.33 Å². The molecule has 1 heterocycles. The van der Waals surface area contributed by atoms with Crippen LogP contribution in [-0.4, -0.2) is 15.8 Å². The van der Waals surface area contributed by atoms with Gasteiger partial charge in [-0.05, 0) is 12.0 Å². The van der Waals surface area contributed by atoms with Crippen molar-refractivity contribution in [1.82, 2.24) is 9.97 Å². The van der Waals surface area contributed by atoms with Gasteiger partial charge in [-0.3, -0.25) is 4.79 Å². The Kier molecular flexibility index (Phi) is 3.82. The lowest BCUT2D eigenvalue weighted by Crippen LogP contribution is -2.06. The maximum atomic E-state index is 12.0. The first-order chi connectivity index (χ1) is 8.66. The van der Waals surface area contributed by atoms with Crippen molar-refractivity contribution in [2.45, 2.75) is 26.2 Å². The van der Waals surface area contributed by atoms with Crippen LogP contribution in [0.2, 0.25) is 0 Å². The molecule has 0 spiro atoms. The fraction of sp³-hybridized carbons (Fsp3) is 0.267. The summed E-state index contributed by atoms with van der Waals surface area (Å²) in [5.41, 5.74) is 2.48. The van der Waals surface area contributed by atoms with Crippen LogP contribution >= 0.6 is 0 Å². The minimum absolute atomic E-state index is 0.0870. The molecule has 0 saturated heterocycles. The summed E-state index contributed by atoms with van der Waals surface area (Å²) in [7, 11) is 0. The van der Waals surface area contributed by atoms with E-state index in [-0.39, 0.29) is 5.78 Å². The molecule has 0 aliphatic heterocycles. The Morgan fingerprint density at radius 1 is 1.17 bits per heavy atom. The van der Waals surface area contributed by atoms with Gasteiger partial charge in [-0.15, -0.1) is 0 Å². The van der Waals surface area contributed by atoms with Gasteiger partial charge in [-0.1, -0.05) is 44.2 Å².